The maximum Gasteiger partial charge on any atom is 0.119 e. The summed E-state index contributed by atoms with van der Waals surface area (Å²) >= 11 is 0. The minimum atomic E-state index is 0.558. The van der Waals surface area contributed by atoms with Crippen molar-refractivity contribution in [2.24, 2.45) is 11.7 Å². The second kappa shape index (κ2) is 8.18. The molecular weight excluding hydrogens is 236 g/mol. The Kier molecular flexibility index (Phi) is 6.89. The molecule has 0 fully saturated rings. The molecule has 0 saturated heterocycles. The van der Waals surface area contributed by atoms with Crippen LogP contribution in [0.3, 0.4) is 0 Å². The molecule has 3 heteroatoms. The van der Waals surface area contributed by atoms with Gasteiger partial charge >= 0.3 is 0 Å². The van der Waals surface area contributed by atoms with Gasteiger partial charge in [0, 0.05) is 19.1 Å². The van der Waals surface area contributed by atoms with Crippen molar-refractivity contribution in [1.29, 1.82) is 0 Å². The van der Waals surface area contributed by atoms with Crippen molar-refractivity contribution in [3.63, 3.8) is 0 Å². The van der Waals surface area contributed by atoms with Crippen molar-refractivity contribution in [1.82, 2.24) is 4.90 Å². The maximum atomic E-state index is 5.78. The van der Waals surface area contributed by atoms with Gasteiger partial charge in [0.05, 0.1) is 0 Å². The summed E-state index contributed by atoms with van der Waals surface area (Å²) < 4.78 is 5.78. The molecule has 0 saturated carbocycles. The van der Waals surface area contributed by atoms with E-state index in [-0.39, 0.29) is 0 Å². The van der Waals surface area contributed by atoms with E-state index >= 15 is 0 Å². The topological polar surface area (TPSA) is 38.5 Å². The fraction of sp³-hybridized carbons (Fsp3) is 0.625. The summed E-state index contributed by atoms with van der Waals surface area (Å²) in [7, 11) is 2.16. The number of ether oxygens (including phenoxy) is 1. The van der Waals surface area contributed by atoms with Crippen LogP contribution >= 0.6 is 0 Å². The zero-order valence-electron chi connectivity index (χ0n) is 12.7. The van der Waals surface area contributed by atoms with E-state index in [4.69, 9.17) is 10.5 Å². The lowest BCUT2D eigenvalue weighted by Gasteiger charge is -2.26. The second-order valence-electron chi connectivity index (χ2n) is 5.66. The molecule has 1 rings (SSSR count). The normalized spacial score (nSPS) is 13.0. The van der Waals surface area contributed by atoms with E-state index in [0.717, 1.165) is 23.8 Å². The Morgan fingerprint density at radius 3 is 2.63 bits per heavy atom. The number of benzene rings is 1. The van der Waals surface area contributed by atoms with E-state index in [1.807, 2.05) is 24.3 Å². The van der Waals surface area contributed by atoms with Crippen molar-refractivity contribution in [3.8, 4) is 5.75 Å². The Labute approximate surface area is 117 Å². The molecule has 2 N–H and O–H groups in total. The molecule has 0 aliphatic carbocycles. The number of hydrogen-bond donors (Lipinski definition) is 1. The Morgan fingerprint density at radius 1 is 1.26 bits per heavy atom. The minimum absolute atomic E-state index is 0.558. The Balaban J connectivity index is 2.32. The first-order valence-corrected chi connectivity index (χ1v) is 7.15. The fourth-order valence-corrected chi connectivity index (χ4v) is 2.15. The van der Waals surface area contributed by atoms with E-state index in [1.165, 1.54) is 6.42 Å². The second-order valence-corrected chi connectivity index (χ2v) is 5.66. The first-order chi connectivity index (χ1) is 9.02. The maximum absolute atomic E-state index is 5.78. The molecule has 1 aromatic rings. The zero-order chi connectivity index (χ0) is 14.3. The van der Waals surface area contributed by atoms with Crippen molar-refractivity contribution >= 4 is 0 Å². The van der Waals surface area contributed by atoms with Gasteiger partial charge in [0.25, 0.3) is 0 Å². The van der Waals surface area contributed by atoms with Crippen LogP contribution < -0.4 is 10.5 Å². The van der Waals surface area contributed by atoms with Crippen LogP contribution in [0.4, 0.5) is 0 Å². The van der Waals surface area contributed by atoms with Crippen LogP contribution in [0.2, 0.25) is 0 Å². The zero-order valence-corrected chi connectivity index (χ0v) is 12.7. The Hall–Kier alpha value is -1.06. The average molecular weight is 264 g/mol. The first kappa shape index (κ1) is 16.0. The SMILES string of the molecule is CC(C)CC(C)N(C)CCOc1cccc(CN)c1. The van der Waals surface area contributed by atoms with Gasteiger partial charge in [0.2, 0.25) is 0 Å². The van der Waals surface area contributed by atoms with Gasteiger partial charge in [-0.1, -0.05) is 26.0 Å². The van der Waals surface area contributed by atoms with Crippen molar-refractivity contribution in [3.05, 3.63) is 29.8 Å². The quantitative estimate of drug-likeness (QED) is 0.784. The van der Waals surface area contributed by atoms with E-state index in [0.29, 0.717) is 19.2 Å². The van der Waals surface area contributed by atoms with Crippen LogP contribution in [0.15, 0.2) is 24.3 Å². The van der Waals surface area contributed by atoms with Gasteiger partial charge in [0.15, 0.2) is 0 Å². The van der Waals surface area contributed by atoms with Crippen molar-refractivity contribution in [2.75, 3.05) is 20.2 Å². The molecule has 0 heterocycles. The molecule has 0 bridgehead atoms. The van der Waals surface area contributed by atoms with Crippen LogP contribution in [0.1, 0.15) is 32.8 Å². The number of hydrogen-bond acceptors (Lipinski definition) is 3. The Morgan fingerprint density at radius 2 is 2.00 bits per heavy atom. The summed E-state index contributed by atoms with van der Waals surface area (Å²) in [6.07, 6.45) is 1.22. The standard InChI is InChI=1S/C16H28N2O/c1-13(2)10-14(3)18(4)8-9-19-16-7-5-6-15(11-16)12-17/h5-7,11,13-14H,8-10,12,17H2,1-4H3. The summed E-state index contributed by atoms with van der Waals surface area (Å²) in [5.41, 5.74) is 6.73. The molecule has 1 unspecified atom stereocenters. The lowest BCUT2D eigenvalue weighted by molar-refractivity contribution is 0.184. The summed E-state index contributed by atoms with van der Waals surface area (Å²) in [6.45, 7) is 9.02. The highest BCUT2D eigenvalue weighted by molar-refractivity contribution is 5.28. The molecule has 0 radical (unpaired) electrons. The molecule has 19 heavy (non-hydrogen) atoms. The van der Waals surface area contributed by atoms with Crippen LogP contribution in [0, 0.1) is 5.92 Å². The largest absolute Gasteiger partial charge is 0.492 e. The molecule has 108 valence electrons. The van der Waals surface area contributed by atoms with E-state index in [1.54, 1.807) is 0 Å². The van der Waals surface area contributed by atoms with Gasteiger partial charge < -0.3 is 15.4 Å². The number of rotatable bonds is 8. The monoisotopic (exact) mass is 264 g/mol. The molecule has 0 aromatic heterocycles. The molecule has 0 spiro atoms. The van der Waals surface area contributed by atoms with Crippen molar-refractivity contribution < 1.29 is 4.74 Å². The van der Waals surface area contributed by atoms with Crippen LogP contribution in [0.25, 0.3) is 0 Å². The third-order valence-corrected chi connectivity index (χ3v) is 3.41. The van der Waals surface area contributed by atoms with Gasteiger partial charge in [-0.15, -0.1) is 0 Å². The third-order valence-electron chi connectivity index (χ3n) is 3.41. The minimum Gasteiger partial charge on any atom is -0.492 e. The van der Waals surface area contributed by atoms with Gasteiger partial charge in [-0.3, -0.25) is 0 Å². The lowest BCUT2D eigenvalue weighted by Crippen LogP contribution is -2.33. The van der Waals surface area contributed by atoms with Gasteiger partial charge in [-0.05, 0) is 44.0 Å². The van der Waals surface area contributed by atoms with Gasteiger partial charge in [-0.25, -0.2) is 0 Å². The fourth-order valence-electron chi connectivity index (χ4n) is 2.15. The molecule has 3 nitrogen and oxygen atoms in total. The van der Waals surface area contributed by atoms with Crippen molar-refractivity contribution in [2.45, 2.75) is 39.8 Å². The van der Waals surface area contributed by atoms with Gasteiger partial charge in [-0.2, -0.15) is 0 Å². The lowest BCUT2D eigenvalue weighted by atomic mass is 10.0. The molecule has 0 amide bonds. The van der Waals surface area contributed by atoms with Crippen LogP contribution in [-0.4, -0.2) is 31.1 Å². The highest BCUT2D eigenvalue weighted by Gasteiger charge is 2.10. The Bertz CT molecular complexity index is 366. The third kappa shape index (κ3) is 6.08. The molecule has 1 aromatic carbocycles. The molecular formula is C16H28N2O. The van der Waals surface area contributed by atoms with Crippen LogP contribution in [-0.2, 0) is 6.54 Å². The summed E-state index contributed by atoms with van der Waals surface area (Å²) in [5.74, 6) is 1.65. The molecule has 0 aliphatic rings. The molecule has 1 atom stereocenters. The smallest absolute Gasteiger partial charge is 0.119 e. The summed E-state index contributed by atoms with van der Waals surface area (Å²) in [6, 6.07) is 8.60. The number of likely N-dealkylation sites (N-methyl/N-ethyl adjacent to an activating group) is 1. The van der Waals surface area contributed by atoms with E-state index in [2.05, 4.69) is 32.7 Å². The van der Waals surface area contributed by atoms with Crippen LogP contribution in [0.5, 0.6) is 5.75 Å². The number of nitrogens with two attached hydrogens (primary N) is 1. The predicted octanol–water partition coefficient (Wildman–Crippen LogP) is 2.89. The summed E-state index contributed by atoms with van der Waals surface area (Å²) in [5, 5.41) is 0. The van der Waals surface area contributed by atoms with Gasteiger partial charge in [0.1, 0.15) is 12.4 Å². The highest BCUT2D eigenvalue weighted by Crippen LogP contribution is 2.13. The summed E-state index contributed by atoms with van der Waals surface area (Å²) in [4.78, 5) is 2.35. The predicted molar refractivity (Wildman–Crippen MR) is 81.4 cm³/mol. The van der Waals surface area contributed by atoms with E-state index < -0.39 is 0 Å². The number of nitrogens with zero attached hydrogens (tertiary/aromatic N) is 1. The van der Waals surface area contributed by atoms with E-state index in [9.17, 15) is 0 Å². The first-order valence-electron chi connectivity index (χ1n) is 7.15. The molecule has 0 aliphatic heterocycles. The highest BCUT2D eigenvalue weighted by atomic mass is 16.5. The average Bonchev–Trinajstić information content (AvgIpc) is 2.38.